The number of nitrogens with two attached hydrogens (primary N) is 1. The van der Waals surface area contributed by atoms with Crippen LogP contribution in [0.2, 0.25) is 0 Å². The summed E-state index contributed by atoms with van der Waals surface area (Å²) in [6.07, 6.45) is 18.9. The number of carbonyl (C=O) groups is 5. The van der Waals surface area contributed by atoms with E-state index >= 15 is 0 Å². The third kappa shape index (κ3) is 20.5. The molecule has 0 saturated carbocycles. The Hall–Kier alpha value is -12.5. The van der Waals surface area contributed by atoms with Gasteiger partial charge in [-0.2, -0.15) is 0 Å². The van der Waals surface area contributed by atoms with Crippen molar-refractivity contribution in [2.75, 3.05) is 105 Å². The molecule has 0 amide bonds. The number of aliphatic hydroxyl groups excluding tert-OH is 1. The standard InChI is InChI=1S/C27H31N5O.C27H30N4O3.C24H27N5O.C23H24N4O2/c1-20-26(25(33)19-31-12-4-3-5-13-31)27-24(32(20)23-10-8-22(28-2)9-11-23)16-21(17-29-27)18-30-14-6-7-15-30;1-5-34-25(33)15-20-10-12-30(13-11-20)17-24(32)26-19(3)31(22-8-6-21(28-4)7-9-22)23-14-18(2)16-29-27(23)26;1-16-12-21-24(27-14-16)23(22(30)15-28-10-8-18(13-25)9-11-28)17(2)29(21)20-6-4-19(26-3)5-7-20;1-15-12-20-23(25-13-15)22(21(29)14-26-10-8-19(28)9-11-26)16(2)27(20)18-6-4-17(24-3)5-7-18/h8-11,16-17H,3-7,12-15,18-19H2,1H3;6-9,14,16,20H,5,10-13,15,17H2,1-3H3;4-7,12,14,18H,8-11,13,15,25H2,1-2H3;4-7,12-13,19,28H,8-11,14H2,1-2H3. The second-order valence-corrected chi connectivity index (χ2v) is 34.3. The molecular formula is C101H112N18O7. The van der Waals surface area contributed by atoms with E-state index in [0.29, 0.717) is 114 Å². The maximum Gasteiger partial charge on any atom is 0.306 e. The lowest BCUT2D eigenvalue weighted by Gasteiger charge is -2.31. The smallest absolute Gasteiger partial charge is 0.306 e. The van der Waals surface area contributed by atoms with Crippen LogP contribution < -0.4 is 5.73 Å². The summed E-state index contributed by atoms with van der Waals surface area (Å²) in [6, 6.07) is 38.2. The highest BCUT2D eigenvalue weighted by molar-refractivity contribution is 6.12. The number of nitrogens with zero attached hydrogens (tertiary/aromatic N) is 17. The van der Waals surface area contributed by atoms with Gasteiger partial charge >= 0.3 is 5.97 Å². The van der Waals surface area contributed by atoms with Gasteiger partial charge < -0.3 is 33.8 Å². The van der Waals surface area contributed by atoms with Crippen molar-refractivity contribution < 1.29 is 33.8 Å². The number of fused-ring (bicyclic) bond motifs is 4. The minimum absolute atomic E-state index is 0.0526. The minimum atomic E-state index is -0.256. The molecule has 0 spiro atoms. The fourth-order valence-electron chi connectivity index (χ4n) is 18.6. The van der Waals surface area contributed by atoms with Crippen LogP contribution >= 0.6 is 0 Å². The third-order valence-electron chi connectivity index (χ3n) is 25.3. The first-order chi connectivity index (χ1) is 61.0. The monoisotopic (exact) mass is 1690 g/mol. The van der Waals surface area contributed by atoms with Crippen LogP contribution in [0.15, 0.2) is 146 Å². The van der Waals surface area contributed by atoms with Crippen molar-refractivity contribution in [3.63, 3.8) is 0 Å². The number of pyridine rings is 4. The van der Waals surface area contributed by atoms with Crippen molar-refractivity contribution in [2.45, 2.75) is 145 Å². The number of aliphatic hydroxyl groups is 1. The zero-order valence-electron chi connectivity index (χ0n) is 73.7. The van der Waals surface area contributed by atoms with Gasteiger partial charge in [-0.25, -0.2) is 19.4 Å². The lowest BCUT2D eigenvalue weighted by Crippen LogP contribution is -2.39. The Bertz CT molecular complexity index is 6150. The van der Waals surface area contributed by atoms with Gasteiger partial charge in [0.05, 0.1) is 132 Å². The summed E-state index contributed by atoms with van der Waals surface area (Å²) in [6.45, 7) is 57.2. The highest BCUT2D eigenvalue weighted by Crippen LogP contribution is 2.37. The van der Waals surface area contributed by atoms with Gasteiger partial charge in [-0.05, 0) is 285 Å². The molecule has 25 nitrogen and oxygen atoms in total. The van der Waals surface area contributed by atoms with Gasteiger partial charge in [0.15, 0.2) is 45.9 Å². The molecule has 13 heterocycles. The number of hydrogen-bond donors (Lipinski definition) is 2. The Kier molecular flexibility index (Phi) is 29.2. The summed E-state index contributed by atoms with van der Waals surface area (Å²) >= 11 is 0. The number of esters is 1. The zero-order chi connectivity index (χ0) is 88.8. The van der Waals surface area contributed by atoms with Crippen molar-refractivity contribution in [3.05, 3.63) is 259 Å². The van der Waals surface area contributed by atoms with Crippen LogP contribution in [0.4, 0.5) is 22.7 Å². The predicted octanol–water partition coefficient (Wildman–Crippen LogP) is 18.1. The number of Topliss-reactive ketones (excluding diaryl/α,β-unsaturated/α-hetero) is 4. The van der Waals surface area contributed by atoms with Gasteiger partial charge in [0.2, 0.25) is 0 Å². The van der Waals surface area contributed by atoms with Gasteiger partial charge in [-0.3, -0.25) is 68.4 Å². The Morgan fingerprint density at radius 2 is 0.675 bits per heavy atom. The molecule has 648 valence electrons. The van der Waals surface area contributed by atoms with E-state index < -0.39 is 0 Å². The van der Waals surface area contributed by atoms with Crippen molar-refractivity contribution >= 4 is 96.0 Å². The summed E-state index contributed by atoms with van der Waals surface area (Å²) in [5.41, 5.74) is 29.0. The lowest BCUT2D eigenvalue weighted by atomic mass is 9.93. The summed E-state index contributed by atoms with van der Waals surface area (Å²) in [7, 11) is 0. The fourth-order valence-corrected chi connectivity index (χ4v) is 18.6. The zero-order valence-corrected chi connectivity index (χ0v) is 73.7. The molecule has 0 radical (unpaired) electrons. The first-order valence-electron chi connectivity index (χ1n) is 44.2. The lowest BCUT2D eigenvalue weighted by molar-refractivity contribution is -0.144. The largest absolute Gasteiger partial charge is 0.466 e. The van der Waals surface area contributed by atoms with Crippen LogP contribution in [-0.4, -0.2) is 208 Å². The first kappa shape index (κ1) is 89.7. The number of likely N-dealkylation sites (tertiary alicyclic amines) is 5. The van der Waals surface area contributed by atoms with Crippen molar-refractivity contribution in [1.82, 2.24) is 62.7 Å². The molecule has 5 fully saturated rings. The number of ketones is 4. The average Bonchev–Trinajstić information content (AvgIpc) is 1.62. The van der Waals surface area contributed by atoms with E-state index in [1.54, 1.807) is 48.8 Å². The molecule has 5 aliphatic rings. The van der Waals surface area contributed by atoms with Gasteiger partial charge in [-0.1, -0.05) is 55.0 Å². The Labute approximate surface area is 737 Å². The number of aryl methyl sites for hydroxylation is 3. The van der Waals surface area contributed by atoms with Crippen molar-refractivity contribution in [2.24, 2.45) is 17.6 Å². The molecule has 0 atom stereocenters. The summed E-state index contributed by atoms with van der Waals surface area (Å²) in [4.78, 5) is 109. The number of hydrogen-bond acceptors (Lipinski definition) is 17. The van der Waals surface area contributed by atoms with Crippen LogP contribution in [0.25, 0.3) is 86.3 Å². The number of ether oxygens (including phenoxy) is 1. The minimum Gasteiger partial charge on any atom is -0.466 e. The number of piperidine rings is 4. The maximum absolute atomic E-state index is 13.5. The molecule has 5 saturated heterocycles. The molecule has 0 bridgehead atoms. The number of carbonyl (C=O) groups excluding carboxylic acids is 5. The molecule has 0 aliphatic carbocycles. The molecule has 5 aliphatic heterocycles. The van der Waals surface area contributed by atoms with Crippen LogP contribution in [0, 0.1) is 86.6 Å². The maximum atomic E-state index is 13.5. The van der Waals surface area contributed by atoms with Gasteiger partial charge in [0.25, 0.3) is 0 Å². The molecule has 126 heavy (non-hydrogen) atoms. The fraction of sp³-hybridized carbons (Fsp3) is 0.396. The summed E-state index contributed by atoms with van der Waals surface area (Å²) in [5, 5.41) is 9.71. The molecule has 25 heteroatoms. The SMILES string of the molecule is [C-]#[N+]c1ccc(-n2c(C)c(C(=O)CN3CCC(CC(=O)OCC)CC3)c3ncc(C)cc32)cc1.[C-]#[N+]c1ccc(-n2c(C)c(C(=O)CN3CCC(CN)CC3)c3ncc(C)cc32)cc1.[C-]#[N+]c1ccc(-n2c(C)c(C(=O)CN3CCC(O)CC3)c3ncc(C)cc32)cc1.[C-]#[N+]c1ccc(-n2c(C)c(C(=O)CN3CCCCC3)c3ncc(CN4CCCC4)cc32)cc1. The highest BCUT2D eigenvalue weighted by Gasteiger charge is 2.32. The van der Waals surface area contributed by atoms with Crippen LogP contribution in [0.1, 0.15) is 170 Å². The Morgan fingerprint density at radius 3 is 0.992 bits per heavy atom. The molecule has 3 N–H and O–H groups in total. The quantitative estimate of drug-likeness (QED) is 0.0364. The summed E-state index contributed by atoms with van der Waals surface area (Å²) < 4.78 is 13.4. The summed E-state index contributed by atoms with van der Waals surface area (Å²) in [5.74, 6) is 1.12. The second-order valence-electron chi connectivity index (χ2n) is 34.3. The first-order valence-corrected chi connectivity index (χ1v) is 44.2. The molecular weight excluding hydrogens is 1580 g/mol. The van der Waals surface area contributed by atoms with Crippen molar-refractivity contribution in [3.8, 4) is 22.7 Å². The molecule has 0 unspecified atom stereocenters. The van der Waals surface area contributed by atoms with Gasteiger partial charge in [-0.15, -0.1) is 0 Å². The third-order valence-corrected chi connectivity index (χ3v) is 25.3. The number of benzene rings is 4. The van der Waals surface area contributed by atoms with Crippen molar-refractivity contribution in [1.29, 1.82) is 0 Å². The Morgan fingerprint density at radius 1 is 0.389 bits per heavy atom. The van der Waals surface area contributed by atoms with E-state index in [4.69, 9.17) is 41.7 Å². The van der Waals surface area contributed by atoms with E-state index in [2.05, 4.69) is 95.3 Å². The molecule has 17 rings (SSSR count). The second kappa shape index (κ2) is 41.1. The topological polar surface area (TPSA) is 246 Å². The van der Waals surface area contributed by atoms with E-state index in [1.807, 2.05) is 135 Å². The van der Waals surface area contributed by atoms with Crippen LogP contribution in [0.3, 0.4) is 0 Å². The highest BCUT2D eigenvalue weighted by atomic mass is 16.5. The van der Waals surface area contributed by atoms with E-state index in [9.17, 15) is 29.1 Å². The molecule has 12 aromatic rings. The van der Waals surface area contributed by atoms with E-state index in [1.165, 1.54) is 37.7 Å². The predicted molar refractivity (Wildman–Crippen MR) is 495 cm³/mol. The number of aromatic nitrogens is 8. The molecule has 4 aromatic carbocycles. The van der Waals surface area contributed by atoms with Crippen LogP contribution in [0.5, 0.6) is 0 Å². The normalized spacial score (nSPS) is 15.8. The molecule has 8 aromatic heterocycles. The van der Waals surface area contributed by atoms with Gasteiger partial charge in [0, 0.05) is 96.4 Å². The average molecular weight is 1690 g/mol. The Balaban J connectivity index is 0.000000137. The van der Waals surface area contributed by atoms with Crippen LogP contribution in [-0.2, 0) is 16.1 Å². The van der Waals surface area contributed by atoms with E-state index in [0.717, 1.165) is 205 Å². The van der Waals surface area contributed by atoms with Gasteiger partial charge in [0.1, 0.15) is 0 Å². The number of rotatable bonds is 22. The van der Waals surface area contributed by atoms with E-state index in [-0.39, 0.29) is 35.2 Å².